The van der Waals surface area contributed by atoms with Crippen LogP contribution in [0.5, 0.6) is 5.88 Å². The van der Waals surface area contributed by atoms with E-state index in [1.807, 2.05) is 24.4 Å². The zero-order chi connectivity index (χ0) is 28.8. The number of aliphatic hydroxyl groups is 1. The normalized spacial score (nSPS) is 15.1. The van der Waals surface area contributed by atoms with E-state index in [9.17, 15) is 14.3 Å². The summed E-state index contributed by atoms with van der Waals surface area (Å²) in [6, 6.07) is 11.0. The van der Waals surface area contributed by atoms with Gasteiger partial charge in [0.1, 0.15) is 0 Å². The van der Waals surface area contributed by atoms with Gasteiger partial charge in [-0.25, -0.2) is 9.37 Å². The lowest BCUT2D eigenvalue weighted by Gasteiger charge is -2.29. The number of aliphatic hydroxyl groups excluding tert-OH is 1. The largest absolute Gasteiger partial charge is 0.436 e. The molecule has 1 aliphatic rings. The van der Waals surface area contributed by atoms with Crippen LogP contribution in [0.4, 0.5) is 10.1 Å². The molecule has 1 amide bonds. The zero-order valence-corrected chi connectivity index (χ0v) is 22.5. The van der Waals surface area contributed by atoms with Crippen LogP contribution in [-0.2, 0) is 6.54 Å². The third-order valence-electron chi connectivity index (χ3n) is 6.79. The van der Waals surface area contributed by atoms with Crippen LogP contribution in [-0.4, -0.2) is 55.3 Å². The lowest BCUT2D eigenvalue weighted by Crippen LogP contribution is -2.35. The smallest absolute Gasteiger partial charge is 0.276 e. The third kappa shape index (κ3) is 6.66. The number of anilines is 1. The number of halogens is 1. The minimum atomic E-state index is -0.691. The van der Waals surface area contributed by atoms with Crippen molar-refractivity contribution in [2.45, 2.75) is 32.4 Å². The molecule has 0 aliphatic carbocycles. The zero-order valence-electron chi connectivity index (χ0n) is 22.5. The first-order valence-electron chi connectivity index (χ1n) is 13.2. The first-order chi connectivity index (χ1) is 19.9. The number of aromatic nitrogens is 4. The molecule has 4 heterocycles. The van der Waals surface area contributed by atoms with Crippen LogP contribution in [0.1, 0.15) is 35.8 Å². The van der Waals surface area contributed by atoms with Crippen LogP contribution in [0.25, 0.3) is 22.0 Å². The van der Waals surface area contributed by atoms with Gasteiger partial charge in [0, 0.05) is 55.1 Å². The van der Waals surface area contributed by atoms with Crippen molar-refractivity contribution < 1.29 is 19.0 Å². The van der Waals surface area contributed by atoms with Crippen molar-refractivity contribution in [2.75, 3.05) is 18.4 Å². The number of hydrogen-bond acceptors (Lipinski definition) is 7. The van der Waals surface area contributed by atoms with E-state index in [4.69, 9.17) is 11.2 Å². The predicted octanol–water partition coefficient (Wildman–Crippen LogP) is 5.00. The first kappa shape index (κ1) is 27.7. The molecule has 0 atom stereocenters. The van der Waals surface area contributed by atoms with E-state index in [1.165, 1.54) is 18.3 Å². The van der Waals surface area contributed by atoms with Gasteiger partial charge in [-0.3, -0.25) is 19.8 Å². The molecule has 1 aromatic carbocycles. The van der Waals surface area contributed by atoms with Crippen LogP contribution < -0.4 is 10.1 Å². The highest BCUT2D eigenvalue weighted by Gasteiger charge is 2.18. The van der Waals surface area contributed by atoms with Gasteiger partial charge in [-0.05, 0) is 61.2 Å². The number of hydrogen-bond donors (Lipinski definition) is 3. The number of carbonyl (C=O) groups is 1. The van der Waals surface area contributed by atoms with Gasteiger partial charge < -0.3 is 15.2 Å². The predicted molar refractivity (Wildman–Crippen MR) is 154 cm³/mol. The Morgan fingerprint density at radius 1 is 1.22 bits per heavy atom. The highest BCUT2D eigenvalue weighted by atomic mass is 19.1. The van der Waals surface area contributed by atoms with E-state index in [0.29, 0.717) is 11.1 Å². The topological polar surface area (TPSA) is 116 Å². The van der Waals surface area contributed by atoms with Crippen molar-refractivity contribution in [1.29, 1.82) is 0 Å². The number of H-pyrrole nitrogens is 1. The Labute approximate surface area is 236 Å². The Kier molecular flexibility index (Phi) is 8.48. The summed E-state index contributed by atoms with van der Waals surface area (Å²) >= 11 is 0. The van der Waals surface area contributed by atoms with Gasteiger partial charge in [0.05, 0.1) is 23.5 Å². The number of allylic oxidation sites excluding steroid dienone is 3. The van der Waals surface area contributed by atoms with Gasteiger partial charge in [-0.1, -0.05) is 12.0 Å². The molecule has 1 fully saturated rings. The molecule has 0 saturated carbocycles. The number of carbonyl (C=O) groups excluding carboxylic acids is 1. The Morgan fingerprint density at radius 2 is 2.05 bits per heavy atom. The third-order valence-corrected chi connectivity index (χ3v) is 6.79. The van der Waals surface area contributed by atoms with Crippen molar-refractivity contribution in [1.82, 2.24) is 25.1 Å². The monoisotopic (exact) mass is 552 g/mol. The summed E-state index contributed by atoms with van der Waals surface area (Å²) in [4.78, 5) is 24.0. The molecule has 208 valence electrons. The Bertz CT molecular complexity index is 1650. The van der Waals surface area contributed by atoms with Crippen LogP contribution >= 0.6 is 0 Å². The van der Waals surface area contributed by atoms with Crippen molar-refractivity contribution in [3.63, 3.8) is 0 Å². The van der Waals surface area contributed by atoms with E-state index in [1.54, 1.807) is 19.2 Å². The molecule has 0 unspecified atom stereocenters. The molecule has 3 aromatic heterocycles. The summed E-state index contributed by atoms with van der Waals surface area (Å²) in [5.41, 5.74) is 4.29. The number of aromatic amines is 1. The number of ether oxygens (including phenoxy) is 1. The van der Waals surface area contributed by atoms with Crippen molar-refractivity contribution in [3.8, 4) is 29.4 Å². The Balaban J connectivity index is 1.30. The average Bonchev–Trinajstić information content (AvgIpc) is 3.42. The summed E-state index contributed by atoms with van der Waals surface area (Å²) in [6.45, 7) is 4.09. The fraction of sp³-hybridized carbons (Fsp3) is 0.226. The second-order valence-corrected chi connectivity index (χ2v) is 9.67. The maximum atomic E-state index is 14.0. The number of nitrogens with zero attached hydrogens (tertiary/aromatic N) is 4. The number of nitrogens with one attached hydrogen (secondary N) is 2. The molecule has 4 aromatic rings. The molecule has 41 heavy (non-hydrogen) atoms. The number of pyridine rings is 2. The molecule has 0 radical (unpaired) electrons. The number of piperidine rings is 1. The van der Waals surface area contributed by atoms with Gasteiger partial charge in [-0.15, -0.1) is 6.42 Å². The number of amides is 1. The van der Waals surface area contributed by atoms with Crippen LogP contribution in [0.15, 0.2) is 78.7 Å². The van der Waals surface area contributed by atoms with Crippen LogP contribution in [0, 0.1) is 12.3 Å². The summed E-state index contributed by atoms with van der Waals surface area (Å²) < 4.78 is 19.4. The van der Waals surface area contributed by atoms with Gasteiger partial charge in [-0.2, -0.15) is 5.10 Å². The van der Waals surface area contributed by atoms with E-state index >= 15 is 0 Å². The first-order valence-corrected chi connectivity index (χ1v) is 13.2. The SMILES string of the molecule is C#C/C=C(F)\C(=C/C)Oc1ccc(NC(=O)c2n[nH]c3ccc(-c4cncc(CN5CCC(O)CC5)c4)cc23)cn1. The minimum Gasteiger partial charge on any atom is -0.436 e. The number of likely N-dealkylation sites (tertiary alicyclic amines) is 1. The highest BCUT2D eigenvalue weighted by molar-refractivity contribution is 6.11. The fourth-order valence-electron chi connectivity index (χ4n) is 4.64. The maximum Gasteiger partial charge on any atom is 0.276 e. The molecule has 9 nitrogen and oxygen atoms in total. The highest BCUT2D eigenvalue weighted by Crippen LogP contribution is 2.27. The van der Waals surface area contributed by atoms with Crippen molar-refractivity contribution in [3.05, 3.63) is 90.0 Å². The van der Waals surface area contributed by atoms with Gasteiger partial charge in [0.15, 0.2) is 17.3 Å². The van der Waals surface area contributed by atoms with E-state index < -0.39 is 11.7 Å². The van der Waals surface area contributed by atoms with Crippen molar-refractivity contribution in [2.24, 2.45) is 0 Å². The molecular weight excluding hydrogens is 523 g/mol. The number of terminal acetylenes is 1. The van der Waals surface area contributed by atoms with Gasteiger partial charge >= 0.3 is 0 Å². The second kappa shape index (κ2) is 12.6. The lowest BCUT2D eigenvalue weighted by molar-refractivity contribution is 0.0792. The Morgan fingerprint density at radius 3 is 2.78 bits per heavy atom. The second-order valence-electron chi connectivity index (χ2n) is 9.67. The summed E-state index contributed by atoms with van der Waals surface area (Å²) in [5.74, 6) is 1.08. The summed E-state index contributed by atoms with van der Waals surface area (Å²) in [6.07, 6.45) is 13.9. The fourth-order valence-corrected chi connectivity index (χ4v) is 4.64. The number of fused-ring (bicyclic) bond motifs is 1. The van der Waals surface area contributed by atoms with E-state index in [-0.39, 0.29) is 23.4 Å². The molecule has 3 N–H and O–H groups in total. The molecular formula is C31H29FN6O3. The lowest BCUT2D eigenvalue weighted by atomic mass is 10.0. The minimum absolute atomic E-state index is 0.0573. The summed E-state index contributed by atoms with van der Waals surface area (Å²) in [7, 11) is 0. The molecule has 10 heteroatoms. The quantitative estimate of drug-likeness (QED) is 0.160. The molecule has 0 bridgehead atoms. The van der Waals surface area contributed by atoms with Crippen LogP contribution in [0.3, 0.4) is 0 Å². The average molecular weight is 553 g/mol. The van der Waals surface area contributed by atoms with Crippen LogP contribution in [0.2, 0.25) is 0 Å². The molecule has 1 aliphatic heterocycles. The molecule has 5 rings (SSSR count). The number of benzene rings is 1. The van der Waals surface area contributed by atoms with Gasteiger partial charge in [0.2, 0.25) is 5.88 Å². The van der Waals surface area contributed by atoms with E-state index in [2.05, 4.69) is 42.4 Å². The van der Waals surface area contributed by atoms with E-state index in [0.717, 1.165) is 60.8 Å². The molecule has 1 saturated heterocycles. The van der Waals surface area contributed by atoms with Gasteiger partial charge in [0.25, 0.3) is 5.91 Å². The molecule has 0 spiro atoms. The number of rotatable bonds is 8. The Hall–Kier alpha value is -4.85. The summed E-state index contributed by atoms with van der Waals surface area (Å²) in [5, 5.41) is 20.4. The standard InChI is InChI=1S/C31H29FN6O3/c1-3-5-26(32)28(4-2)41-29-9-7-23(18-34-29)35-31(40)30-25-15-21(6-8-27(25)36-37-30)22-14-20(16-33-17-22)19-38-12-10-24(39)11-13-38/h1,4-9,14-18,24,39H,10-13,19H2,2H3,(H,35,40)(H,36,37)/b26-5+,28-4+. The maximum absolute atomic E-state index is 14.0. The van der Waals surface area contributed by atoms with Crippen molar-refractivity contribution >= 4 is 22.5 Å².